The van der Waals surface area contributed by atoms with E-state index in [1.807, 2.05) is 26.8 Å². The summed E-state index contributed by atoms with van der Waals surface area (Å²) in [5, 5.41) is 7.35. The molecule has 0 aliphatic heterocycles. The second-order valence-electron chi connectivity index (χ2n) is 5.09. The monoisotopic (exact) mass is 401 g/mol. The molecule has 2 rings (SSSR count). The smallest absolute Gasteiger partial charge is 0.435 e. The number of fused-ring (bicyclic) bond motifs is 1. The van der Waals surface area contributed by atoms with Crippen LogP contribution in [0.1, 0.15) is 20.8 Å². The highest BCUT2D eigenvalue weighted by Gasteiger charge is 2.21. The first-order valence-corrected chi connectivity index (χ1v) is 7.30. The summed E-state index contributed by atoms with van der Waals surface area (Å²) in [4.78, 5) is 16.0. The van der Waals surface area contributed by atoms with Crippen molar-refractivity contribution in [1.82, 2.24) is 9.78 Å². The number of rotatable bonds is 1. The van der Waals surface area contributed by atoms with Crippen LogP contribution in [0.2, 0.25) is 0 Å². The molecule has 0 radical (unpaired) electrons. The minimum absolute atomic E-state index is 0.503. The van der Waals surface area contributed by atoms with Crippen LogP contribution in [-0.4, -0.2) is 26.6 Å². The van der Waals surface area contributed by atoms with Crippen LogP contribution in [-0.2, 0) is 4.74 Å². The van der Waals surface area contributed by atoms with Gasteiger partial charge >= 0.3 is 6.09 Å². The molecule has 2 aromatic rings. The topological polar surface area (TPSA) is 56.5 Å². The lowest BCUT2D eigenvalue weighted by Crippen LogP contribution is -2.27. The Hall–Kier alpha value is -1.31. The third-order valence-electron chi connectivity index (χ3n) is 2.36. The zero-order chi connectivity index (χ0) is 14.9. The van der Waals surface area contributed by atoms with E-state index < -0.39 is 11.7 Å². The molecule has 0 N–H and O–H groups in total. The van der Waals surface area contributed by atoms with Gasteiger partial charge in [-0.2, -0.15) is 14.8 Å². The number of thiocarbonyl (C=S) groups is 1. The Kier molecular flexibility index (Phi) is 4.22. The number of hydrogen-bond acceptors (Lipinski definition) is 5. The summed E-state index contributed by atoms with van der Waals surface area (Å²) in [5.74, 6) is 0. The third-order valence-corrected chi connectivity index (χ3v) is 3.25. The van der Waals surface area contributed by atoms with Crippen LogP contribution in [0.4, 0.5) is 10.5 Å². The van der Waals surface area contributed by atoms with Crippen LogP contribution in [0.15, 0.2) is 23.2 Å². The predicted molar refractivity (Wildman–Crippen MR) is 88.8 cm³/mol. The molecule has 0 bridgehead atoms. The highest BCUT2D eigenvalue weighted by molar-refractivity contribution is 14.1. The van der Waals surface area contributed by atoms with E-state index in [9.17, 15) is 4.79 Å². The van der Waals surface area contributed by atoms with Gasteiger partial charge in [-0.1, -0.05) is 0 Å². The largest absolute Gasteiger partial charge is 0.442 e. The highest BCUT2D eigenvalue weighted by atomic mass is 127. The van der Waals surface area contributed by atoms with E-state index in [0.29, 0.717) is 14.9 Å². The summed E-state index contributed by atoms with van der Waals surface area (Å²) >= 11 is 6.65. The van der Waals surface area contributed by atoms with E-state index in [4.69, 9.17) is 4.74 Å². The second-order valence-corrected chi connectivity index (χ2v) is 6.29. The van der Waals surface area contributed by atoms with Crippen molar-refractivity contribution >= 4 is 62.7 Å². The quantitative estimate of drug-likeness (QED) is 0.409. The van der Waals surface area contributed by atoms with Crippen LogP contribution in [0, 0.1) is 3.70 Å². The van der Waals surface area contributed by atoms with Crippen molar-refractivity contribution < 1.29 is 9.53 Å². The van der Waals surface area contributed by atoms with Crippen LogP contribution in [0.3, 0.4) is 0 Å². The number of benzene rings is 1. The van der Waals surface area contributed by atoms with Crippen LogP contribution < -0.4 is 0 Å². The summed E-state index contributed by atoms with van der Waals surface area (Å²) in [6, 6.07) is 5.32. The van der Waals surface area contributed by atoms with Crippen molar-refractivity contribution in [2.45, 2.75) is 26.4 Å². The summed E-state index contributed by atoms with van der Waals surface area (Å²) in [7, 11) is 0. The number of nitrogens with zero attached hydrogens (tertiary/aromatic N) is 3. The Morgan fingerprint density at radius 1 is 1.50 bits per heavy atom. The normalized spacial score (nSPS) is 11.2. The fraction of sp³-hybridized carbons (Fsp3) is 0.308. The van der Waals surface area contributed by atoms with Gasteiger partial charge in [0.15, 0.2) is 0 Å². The molecule has 7 heteroatoms. The second kappa shape index (κ2) is 5.59. The number of carbonyl (C=O) groups is 1. The molecule has 0 amide bonds. The van der Waals surface area contributed by atoms with E-state index in [1.165, 1.54) is 4.68 Å². The minimum Gasteiger partial charge on any atom is -0.442 e. The van der Waals surface area contributed by atoms with Crippen molar-refractivity contribution in [3.63, 3.8) is 0 Å². The first-order chi connectivity index (χ1) is 9.31. The van der Waals surface area contributed by atoms with E-state index >= 15 is 0 Å². The molecule has 0 unspecified atom stereocenters. The van der Waals surface area contributed by atoms with Gasteiger partial charge in [0.1, 0.15) is 9.30 Å². The molecule has 0 spiro atoms. The van der Waals surface area contributed by atoms with E-state index in [-0.39, 0.29) is 0 Å². The lowest BCUT2D eigenvalue weighted by atomic mass is 10.2. The number of ether oxygens (including phenoxy) is 1. The molecule has 0 aliphatic carbocycles. The number of aliphatic imine (C=N–C) groups is 1. The Morgan fingerprint density at radius 2 is 2.20 bits per heavy atom. The minimum atomic E-state index is -0.567. The van der Waals surface area contributed by atoms with Crippen molar-refractivity contribution in [3.05, 3.63) is 21.9 Å². The Labute approximate surface area is 135 Å². The molecule has 5 nitrogen and oxygen atoms in total. The molecule has 20 heavy (non-hydrogen) atoms. The van der Waals surface area contributed by atoms with Crippen LogP contribution in [0.5, 0.6) is 0 Å². The number of halogens is 1. The van der Waals surface area contributed by atoms with E-state index in [2.05, 4.69) is 50.1 Å². The zero-order valence-electron chi connectivity index (χ0n) is 11.2. The van der Waals surface area contributed by atoms with Gasteiger partial charge in [0.05, 0.1) is 16.4 Å². The molecule has 104 valence electrons. The van der Waals surface area contributed by atoms with Crippen molar-refractivity contribution in [2.24, 2.45) is 4.99 Å². The van der Waals surface area contributed by atoms with Gasteiger partial charge in [-0.25, -0.2) is 4.79 Å². The summed E-state index contributed by atoms with van der Waals surface area (Å²) in [6.07, 6.45) is -0.503. The molecule has 1 aromatic carbocycles. The fourth-order valence-electron chi connectivity index (χ4n) is 1.64. The predicted octanol–water partition coefficient (Wildman–Crippen LogP) is 4.16. The van der Waals surface area contributed by atoms with Crippen LogP contribution >= 0.6 is 34.8 Å². The fourth-order valence-corrected chi connectivity index (χ4v) is 2.39. The molecule has 0 saturated heterocycles. The maximum atomic E-state index is 12.1. The number of isothiocyanates is 1. The first-order valence-electron chi connectivity index (χ1n) is 5.81. The number of hydrogen-bond donors (Lipinski definition) is 0. The van der Waals surface area contributed by atoms with Gasteiger partial charge in [0, 0.05) is 5.39 Å². The lowest BCUT2D eigenvalue weighted by Gasteiger charge is -2.19. The van der Waals surface area contributed by atoms with Gasteiger partial charge in [0.2, 0.25) is 0 Å². The van der Waals surface area contributed by atoms with Gasteiger partial charge in [-0.05, 0) is 73.8 Å². The standard InChI is InChI=1S/C13H12IN3O2S/c1-13(2,3)19-12(18)17-10-5-4-8(15-7-20)6-9(10)11(14)16-17/h4-6H,1-3H3. The number of carbonyl (C=O) groups excluding carboxylic acids is 1. The van der Waals surface area contributed by atoms with Gasteiger partial charge in [-0.3, -0.25) is 0 Å². The van der Waals surface area contributed by atoms with Crippen molar-refractivity contribution in [1.29, 1.82) is 0 Å². The number of aromatic nitrogens is 2. The zero-order valence-corrected chi connectivity index (χ0v) is 14.2. The molecular weight excluding hydrogens is 389 g/mol. The average Bonchev–Trinajstić information content (AvgIpc) is 2.65. The van der Waals surface area contributed by atoms with E-state index in [0.717, 1.165) is 5.39 Å². The molecule has 1 aromatic heterocycles. The summed E-state index contributed by atoms with van der Waals surface area (Å²) in [6.45, 7) is 5.44. The third kappa shape index (κ3) is 3.23. The van der Waals surface area contributed by atoms with Gasteiger partial charge in [0.25, 0.3) is 0 Å². The van der Waals surface area contributed by atoms with Gasteiger partial charge < -0.3 is 4.74 Å². The molecule has 0 aliphatic rings. The Balaban J connectivity index is 2.51. The van der Waals surface area contributed by atoms with E-state index in [1.54, 1.807) is 12.1 Å². The SMILES string of the molecule is CC(C)(C)OC(=O)n1nc(I)c2cc(N=C=S)ccc21. The van der Waals surface area contributed by atoms with Crippen LogP contribution in [0.25, 0.3) is 10.9 Å². The molecule has 1 heterocycles. The van der Waals surface area contributed by atoms with Crippen molar-refractivity contribution in [3.8, 4) is 0 Å². The molecular formula is C13H12IN3O2S. The maximum Gasteiger partial charge on any atom is 0.435 e. The Morgan fingerprint density at radius 3 is 2.80 bits per heavy atom. The molecule has 0 atom stereocenters. The Bertz CT molecular complexity index is 727. The average molecular weight is 401 g/mol. The summed E-state index contributed by atoms with van der Waals surface area (Å²) < 4.78 is 7.28. The molecule has 0 saturated carbocycles. The maximum absolute atomic E-state index is 12.1. The molecule has 0 fully saturated rings. The first kappa shape index (κ1) is 15.1. The highest BCUT2D eigenvalue weighted by Crippen LogP contribution is 2.26. The van der Waals surface area contributed by atoms with Gasteiger partial charge in [-0.15, -0.1) is 0 Å². The lowest BCUT2D eigenvalue weighted by molar-refractivity contribution is 0.0522. The van der Waals surface area contributed by atoms with Crippen molar-refractivity contribution in [2.75, 3.05) is 0 Å². The summed E-state index contributed by atoms with van der Waals surface area (Å²) in [5.41, 5.74) is 0.781.